The van der Waals surface area contributed by atoms with Crippen LogP contribution in [0, 0.1) is 0 Å². The molecule has 0 spiro atoms. The fourth-order valence-corrected chi connectivity index (χ4v) is 2.66. The summed E-state index contributed by atoms with van der Waals surface area (Å²) in [6.07, 6.45) is 2.48. The smallest absolute Gasteiger partial charge is 0.251 e. The third-order valence-corrected chi connectivity index (χ3v) is 3.94. The van der Waals surface area contributed by atoms with E-state index in [0.29, 0.717) is 18.5 Å². The van der Waals surface area contributed by atoms with Gasteiger partial charge in [-0.3, -0.25) is 9.59 Å². The topological polar surface area (TPSA) is 66.0 Å². The molecule has 2 amide bonds. The second kappa shape index (κ2) is 7.59. The molecule has 23 heavy (non-hydrogen) atoms. The van der Waals surface area contributed by atoms with E-state index in [1.54, 1.807) is 17.0 Å². The summed E-state index contributed by atoms with van der Waals surface area (Å²) >= 11 is 0. The highest BCUT2D eigenvalue weighted by molar-refractivity contribution is 5.97. The molecular formula is C18H28N3O2+. The summed E-state index contributed by atoms with van der Waals surface area (Å²) in [7, 11) is 0. The summed E-state index contributed by atoms with van der Waals surface area (Å²) in [6, 6.07) is 7.28. The van der Waals surface area contributed by atoms with Crippen molar-refractivity contribution in [3.05, 3.63) is 29.8 Å². The van der Waals surface area contributed by atoms with Crippen molar-refractivity contribution >= 4 is 17.5 Å². The van der Waals surface area contributed by atoms with Crippen LogP contribution in [0.25, 0.3) is 0 Å². The van der Waals surface area contributed by atoms with Gasteiger partial charge in [0.1, 0.15) is 0 Å². The van der Waals surface area contributed by atoms with E-state index in [0.717, 1.165) is 31.6 Å². The van der Waals surface area contributed by atoms with Crippen molar-refractivity contribution in [2.45, 2.75) is 45.6 Å². The Morgan fingerprint density at radius 2 is 1.96 bits per heavy atom. The van der Waals surface area contributed by atoms with Crippen LogP contribution in [-0.4, -0.2) is 37.0 Å². The van der Waals surface area contributed by atoms with Gasteiger partial charge in [0.25, 0.3) is 5.91 Å². The van der Waals surface area contributed by atoms with Crippen molar-refractivity contribution in [2.24, 2.45) is 0 Å². The Kier molecular flexibility index (Phi) is 5.77. The zero-order valence-corrected chi connectivity index (χ0v) is 14.4. The summed E-state index contributed by atoms with van der Waals surface area (Å²) in [6.45, 7) is 8.99. The number of hydrogen-bond acceptors (Lipinski definition) is 2. The summed E-state index contributed by atoms with van der Waals surface area (Å²) in [5.74, 6) is 0.109. The number of rotatable bonds is 6. The minimum absolute atomic E-state index is 0.0555. The maximum Gasteiger partial charge on any atom is 0.251 e. The first-order valence-electron chi connectivity index (χ1n) is 8.40. The van der Waals surface area contributed by atoms with Crippen LogP contribution >= 0.6 is 0 Å². The number of nitrogens with two attached hydrogens (primary N) is 1. The van der Waals surface area contributed by atoms with Gasteiger partial charge in [-0.2, -0.15) is 0 Å². The Balaban J connectivity index is 1.78. The number of carbonyl (C=O) groups is 2. The molecule has 126 valence electrons. The van der Waals surface area contributed by atoms with E-state index in [9.17, 15) is 9.59 Å². The number of carbonyl (C=O) groups excluding carboxylic acids is 2. The van der Waals surface area contributed by atoms with E-state index in [2.05, 4.69) is 31.4 Å². The van der Waals surface area contributed by atoms with Crippen molar-refractivity contribution in [3.8, 4) is 0 Å². The first-order chi connectivity index (χ1) is 10.9. The number of benzene rings is 1. The lowest BCUT2D eigenvalue weighted by atomic mass is 10.1. The van der Waals surface area contributed by atoms with Crippen LogP contribution in [0.2, 0.25) is 0 Å². The third kappa shape index (κ3) is 5.36. The second-order valence-electron chi connectivity index (χ2n) is 7.16. The van der Waals surface area contributed by atoms with Gasteiger partial charge in [-0.05, 0) is 51.5 Å². The molecule has 1 aliphatic rings. The molecule has 0 aromatic heterocycles. The number of nitrogens with zero attached hydrogens (tertiary/aromatic N) is 1. The Hall–Kier alpha value is -1.88. The van der Waals surface area contributed by atoms with E-state index in [-0.39, 0.29) is 17.4 Å². The molecule has 0 radical (unpaired) electrons. The molecule has 1 heterocycles. The first kappa shape index (κ1) is 17.5. The van der Waals surface area contributed by atoms with Gasteiger partial charge in [-0.25, -0.2) is 0 Å². The van der Waals surface area contributed by atoms with Gasteiger partial charge in [0.05, 0.1) is 12.1 Å². The highest BCUT2D eigenvalue weighted by Gasteiger charge is 2.21. The summed E-state index contributed by atoms with van der Waals surface area (Å²) in [5, 5.41) is 5.22. The first-order valence-corrected chi connectivity index (χ1v) is 8.40. The molecule has 1 aliphatic heterocycles. The lowest BCUT2D eigenvalue weighted by Crippen LogP contribution is -2.94. The molecule has 1 saturated heterocycles. The molecule has 5 nitrogen and oxygen atoms in total. The molecule has 1 aromatic rings. The van der Waals surface area contributed by atoms with E-state index in [1.807, 2.05) is 12.1 Å². The van der Waals surface area contributed by atoms with Crippen molar-refractivity contribution < 1.29 is 14.9 Å². The Morgan fingerprint density at radius 1 is 1.26 bits per heavy atom. The molecule has 0 aliphatic carbocycles. The molecule has 0 bridgehead atoms. The van der Waals surface area contributed by atoms with Crippen LogP contribution in [0.1, 0.15) is 50.4 Å². The molecule has 3 N–H and O–H groups in total. The number of hydrogen-bond donors (Lipinski definition) is 2. The minimum Gasteiger partial charge on any atom is -0.352 e. The molecule has 0 unspecified atom stereocenters. The fraction of sp³-hybridized carbons (Fsp3) is 0.556. The zero-order chi connectivity index (χ0) is 16.9. The standard InChI is InChI=1S/C18H27N3O2/c1-18(2,3)20-12-5-11-19-17(23)14-7-9-15(10-8-14)21-13-4-6-16(21)22/h7-10,20H,4-6,11-13H2,1-3H3,(H,19,23)/p+1. The predicted octanol–water partition coefficient (Wildman–Crippen LogP) is 1.30. The quantitative estimate of drug-likeness (QED) is 0.776. The van der Waals surface area contributed by atoms with Gasteiger partial charge in [0.2, 0.25) is 5.91 Å². The normalized spacial score (nSPS) is 15.1. The Morgan fingerprint density at radius 3 is 2.52 bits per heavy atom. The summed E-state index contributed by atoms with van der Waals surface area (Å²) in [4.78, 5) is 25.6. The van der Waals surface area contributed by atoms with Gasteiger partial charge in [-0.15, -0.1) is 0 Å². The van der Waals surface area contributed by atoms with Crippen molar-refractivity contribution in [3.63, 3.8) is 0 Å². The highest BCUT2D eigenvalue weighted by atomic mass is 16.2. The molecule has 5 heteroatoms. The van der Waals surface area contributed by atoms with Gasteiger partial charge < -0.3 is 15.5 Å². The van der Waals surface area contributed by atoms with Crippen LogP contribution in [0.15, 0.2) is 24.3 Å². The van der Waals surface area contributed by atoms with Gasteiger partial charge in [-0.1, -0.05) is 0 Å². The molecule has 0 atom stereocenters. The SMILES string of the molecule is CC(C)(C)[NH2+]CCCNC(=O)c1ccc(N2CCCC2=O)cc1. The van der Waals surface area contributed by atoms with Crippen LogP contribution in [0.5, 0.6) is 0 Å². The summed E-state index contributed by atoms with van der Waals surface area (Å²) in [5.41, 5.74) is 1.75. The average molecular weight is 318 g/mol. The monoisotopic (exact) mass is 318 g/mol. The molecule has 1 fully saturated rings. The van der Waals surface area contributed by atoms with Crippen molar-refractivity contribution in [1.29, 1.82) is 0 Å². The number of amides is 2. The largest absolute Gasteiger partial charge is 0.352 e. The van der Waals surface area contributed by atoms with Crippen molar-refractivity contribution in [1.82, 2.24) is 5.32 Å². The average Bonchev–Trinajstić information content (AvgIpc) is 2.92. The zero-order valence-electron chi connectivity index (χ0n) is 14.4. The lowest BCUT2D eigenvalue weighted by Gasteiger charge is -2.17. The van der Waals surface area contributed by atoms with E-state index in [4.69, 9.17) is 0 Å². The minimum atomic E-state index is -0.0555. The van der Waals surface area contributed by atoms with Gasteiger partial charge in [0.15, 0.2) is 0 Å². The number of quaternary nitrogens is 1. The maximum atomic E-state index is 12.1. The number of anilines is 1. The Bertz CT molecular complexity index is 546. The third-order valence-electron chi connectivity index (χ3n) is 3.94. The molecule has 2 rings (SSSR count). The van der Waals surface area contributed by atoms with Crippen molar-refractivity contribution in [2.75, 3.05) is 24.5 Å². The Labute approximate surface area is 138 Å². The van der Waals surface area contributed by atoms with Gasteiger partial charge >= 0.3 is 0 Å². The lowest BCUT2D eigenvalue weighted by molar-refractivity contribution is -0.717. The van der Waals surface area contributed by atoms with E-state index in [1.165, 1.54) is 0 Å². The van der Waals surface area contributed by atoms with Crippen LogP contribution in [0.4, 0.5) is 5.69 Å². The highest BCUT2D eigenvalue weighted by Crippen LogP contribution is 2.21. The van der Waals surface area contributed by atoms with Crippen LogP contribution in [0.3, 0.4) is 0 Å². The second-order valence-corrected chi connectivity index (χ2v) is 7.16. The molecule has 1 aromatic carbocycles. The van der Waals surface area contributed by atoms with Gasteiger partial charge in [0, 0.05) is 37.2 Å². The number of nitrogens with one attached hydrogen (secondary N) is 1. The van der Waals surface area contributed by atoms with Crippen LogP contribution < -0.4 is 15.5 Å². The molecular weight excluding hydrogens is 290 g/mol. The van der Waals surface area contributed by atoms with E-state index >= 15 is 0 Å². The summed E-state index contributed by atoms with van der Waals surface area (Å²) < 4.78 is 0. The fourth-order valence-electron chi connectivity index (χ4n) is 2.66. The van der Waals surface area contributed by atoms with E-state index < -0.39 is 0 Å². The van der Waals surface area contributed by atoms with Crippen LogP contribution in [-0.2, 0) is 4.79 Å². The molecule has 0 saturated carbocycles. The maximum absolute atomic E-state index is 12.1. The predicted molar refractivity (Wildman–Crippen MR) is 91.5 cm³/mol.